The van der Waals surface area contributed by atoms with Gasteiger partial charge in [-0.25, -0.2) is 0 Å². The maximum atomic E-state index is 12.1. The fourth-order valence-electron chi connectivity index (χ4n) is 1.52. The lowest BCUT2D eigenvalue weighted by molar-refractivity contribution is 0.0894. The summed E-state index contributed by atoms with van der Waals surface area (Å²) in [7, 11) is 1.48. The molecule has 0 aliphatic carbocycles. The van der Waals surface area contributed by atoms with E-state index in [1.165, 1.54) is 7.11 Å². The molecule has 1 atom stereocenters. The molecule has 0 spiro atoms. The van der Waals surface area contributed by atoms with Gasteiger partial charge in [0.05, 0.1) is 25.3 Å². The Bertz CT molecular complexity index is 421. The highest BCUT2D eigenvalue weighted by Gasteiger charge is 2.18. The molecule has 100 valence electrons. The van der Waals surface area contributed by atoms with Crippen molar-refractivity contribution < 1.29 is 14.6 Å². The highest BCUT2D eigenvalue weighted by Crippen LogP contribution is 2.23. The molecule has 1 aromatic rings. The van der Waals surface area contributed by atoms with E-state index in [2.05, 4.69) is 5.32 Å². The predicted octanol–water partition coefficient (Wildman–Crippen LogP) is 2.10. The lowest BCUT2D eigenvalue weighted by atomic mass is 10.0. The van der Waals surface area contributed by atoms with Gasteiger partial charge in [-0.15, -0.1) is 0 Å². The molecule has 0 heterocycles. The average molecular weight is 272 g/mol. The van der Waals surface area contributed by atoms with Crippen LogP contribution in [-0.2, 0) is 0 Å². The van der Waals surface area contributed by atoms with E-state index in [0.717, 1.165) is 0 Å². The molecule has 0 fully saturated rings. The molecule has 4 nitrogen and oxygen atoms in total. The first kappa shape index (κ1) is 14.8. The molecule has 0 saturated carbocycles. The number of carbonyl (C=O) groups is 1. The minimum Gasteiger partial charge on any atom is -0.496 e. The Hall–Kier alpha value is -1.26. The van der Waals surface area contributed by atoms with E-state index >= 15 is 0 Å². The summed E-state index contributed by atoms with van der Waals surface area (Å²) in [4.78, 5) is 12.1. The van der Waals surface area contributed by atoms with Crippen LogP contribution in [0.15, 0.2) is 18.2 Å². The van der Waals surface area contributed by atoms with Crippen molar-refractivity contribution in [2.24, 2.45) is 5.92 Å². The van der Waals surface area contributed by atoms with Gasteiger partial charge in [0.2, 0.25) is 0 Å². The molecule has 0 aliphatic heterocycles. The quantitative estimate of drug-likeness (QED) is 0.862. The van der Waals surface area contributed by atoms with Gasteiger partial charge in [0.15, 0.2) is 0 Å². The smallest absolute Gasteiger partial charge is 0.255 e. The second kappa shape index (κ2) is 6.61. The van der Waals surface area contributed by atoms with Crippen molar-refractivity contribution in [3.05, 3.63) is 28.8 Å². The Labute approximate surface area is 112 Å². The van der Waals surface area contributed by atoms with Gasteiger partial charge in [-0.2, -0.15) is 0 Å². The molecule has 1 aromatic carbocycles. The molecule has 5 heteroatoms. The minimum atomic E-state index is -0.281. The minimum absolute atomic E-state index is 0.0979. The topological polar surface area (TPSA) is 58.6 Å². The third kappa shape index (κ3) is 3.62. The molecule has 0 aliphatic rings. The fraction of sp³-hybridized carbons (Fsp3) is 0.462. The molecule has 18 heavy (non-hydrogen) atoms. The number of amides is 1. The zero-order valence-corrected chi connectivity index (χ0v) is 11.5. The maximum absolute atomic E-state index is 12.1. The van der Waals surface area contributed by atoms with Gasteiger partial charge < -0.3 is 15.2 Å². The Morgan fingerprint density at radius 3 is 2.67 bits per heavy atom. The van der Waals surface area contributed by atoms with Crippen LogP contribution in [0.2, 0.25) is 5.02 Å². The largest absolute Gasteiger partial charge is 0.496 e. The van der Waals surface area contributed by atoms with Crippen LogP contribution >= 0.6 is 11.6 Å². The van der Waals surface area contributed by atoms with Gasteiger partial charge in [0.1, 0.15) is 5.75 Å². The van der Waals surface area contributed by atoms with Crippen LogP contribution in [0.5, 0.6) is 5.75 Å². The predicted molar refractivity (Wildman–Crippen MR) is 71.2 cm³/mol. The third-order valence-corrected chi connectivity index (χ3v) is 2.96. The molecule has 2 N–H and O–H groups in total. The van der Waals surface area contributed by atoms with Crippen LogP contribution in [0.3, 0.4) is 0 Å². The van der Waals surface area contributed by atoms with E-state index in [9.17, 15) is 9.90 Å². The average Bonchev–Trinajstić information content (AvgIpc) is 2.34. The number of ether oxygens (including phenoxy) is 1. The lowest BCUT2D eigenvalue weighted by Crippen LogP contribution is -2.41. The molecular formula is C13H18ClNO3. The normalized spacial score (nSPS) is 12.3. The maximum Gasteiger partial charge on any atom is 0.255 e. The van der Waals surface area contributed by atoms with E-state index in [4.69, 9.17) is 16.3 Å². The summed E-state index contributed by atoms with van der Waals surface area (Å²) in [6.45, 7) is 3.76. The van der Waals surface area contributed by atoms with Gasteiger partial charge in [-0.1, -0.05) is 25.4 Å². The Kier molecular flexibility index (Phi) is 5.44. The number of benzene rings is 1. The molecule has 1 unspecified atom stereocenters. The zero-order chi connectivity index (χ0) is 13.7. The number of halogens is 1. The number of rotatable bonds is 5. The summed E-state index contributed by atoms with van der Waals surface area (Å²) in [5.41, 5.74) is 0.404. The number of aliphatic hydroxyl groups is 1. The van der Waals surface area contributed by atoms with Crippen molar-refractivity contribution in [2.45, 2.75) is 19.9 Å². The van der Waals surface area contributed by atoms with Gasteiger partial charge >= 0.3 is 0 Å². The fourth-order valence-corrected chi connectivity index (χ4v) is 1.68. The SMILES string of the molecule is COc1cc(Cl)ccc1C(=O)NC(CO)C(C)C. The monoisotopic (exact) mass is 271 g/mol. The summed E-state index contributed by atoms with van der Waals surface area (Å²) in [6.07, 6.45) is 0. The first-order chi connectivity index (χ1) is 8.49. The first-order valence-electron chi connectivity index (χ1n) is 5.74. The van der Waals surface area contributed by atoms with Crippen LogP contribution in [0.25, 0.3) is 0 Å². The summed E-state index contributed by atoms with van der Waals surface area (Å²) in [5.74, 6) is 0.286. The van der Waals surface area contributed by atoms with Crippen LogP contribution < -0.4 is 10.1 Å². The highest BCUT2D eigenvalue weighted by molar-refractivity contribution is 6.30. The summed E-state index contributed by atoms with van der Waals surface area (Å²) < 4.78 is 5.12. The van der Waals surface area contributed by atoms with E-state index in [1.807, 2.05) is 13.8 Å². The number of carbonyl (C=O) groups excluding carboxylic acids is 1. The molecule has 0 radical (unpaired) electrons. The second-order valence-electron chi connectivity index (χ2n) is 4.35. The van der Waals surface area contributed by atoms with Crippen LogP contribution in [0.4, 0.5) is 0 Å². The zero-order valence-electron chi connectivity index (χ0n) is 10.7. The molecule has 0 aromatic heterocycles. The molecular weight excluding hydrogens is 254 g/mol. The summed E-state index contributed by atoms with van der Waals surface area (Å²) in [5, 5.41) is 12.5. The highest BCUT2D eigenvalue weighted by atomic mass is 35.5. The Morgan fingerprint density at radius 2 is 2.17 bits per heavy atom. The summed E-state index contributed by atoms with van der Waals surface area (Å²) in [6, 6.07) is 4.53. The Balaban J connectivity index is 2.90. The first-order valence-corrected chi connectivity index (χ1v) is 6.12. The van der Waals surface area contributed by atoms with Crippen molar-refractivity contribution in [1.29, 1.82) is 0 Å². The number of hydrogen-bond donors (Lipinski definition) is 2. The second-order valence-corrected chi connectivity index (χ2v) is 4.79. The van der Waals surface area contributed by atoms with E-state index < -0.39 is 0 Å². The van der Waals surface area contributed by atoms with Crippen LogP contribution in [0, 0.1) is 5.92 Å². The molecule has 0 saturated heterocycles. The van der Waals surface area contributed by atoms with Gasteiger partial charge in [-0.3, -0.25) is 4.79 Å². The van der Waals surface area contributed by atoms with Crippen molar-refractivity contribution in [1.82, 2.24) is 5.32 Å². The third-order valence-electron chi connectivity index (χ3n) is 2.73. The van der Waals surface area contributed by atoms with Crippen LogP contribution in [-0.4, -0.2) is 30.8 Å². The number of nitrogens with one attached hydrogen (secondary N) is 1. The van der Waals surface area contributed by atoms with Gasteiger partial charge in [0, 0.05) is 5.02 Å². The van der Waals surface area contributed by atoms with E-state index in [1.54, 1.807) is 18.2 Å². The number of hydrogen-bond acceptors (Lipinski definition) is 3. The van der Waals surface area contributed by atoms with Crippen molar-refractivity contribution in [3.63, 3.8) is 0 Å². The number of methoxy groups -OCH3 is 1. The van der Waals surface area contributed by atoms with Gasteiger partial charge in [0.25, 0.3) is 5.91 Å². The van der Waals surface area contributed by atoms with Gasteiger partial charge in [-0.05, 0) is 24.1 Å². The van der Waals surface area contributed by atoms with Crippen molar-refractivity contribution in [2.75, 3.05) is 13.7 Å². The summed E-state index contributed by atoms with van der Waals surface area (Å²) >= 11 is 5.83. The van der Waals surface area contributed by atoms with E-state index in [0.29, 0.717) is 16.3 Å². The standard InChI is InChI=1S/C13H18ClNO3/c1-8(2)11(7-16)15-13(17)10-5-4-9(14)6-12(10)18-3/h4-6,8,11,16H,7H2,1-3H3,(H,15,17). The molecule has 1 amide bonds. The number of aliphatic hydroxyl groups excluding tert-OH is 1. The van der Waals surface area contributed by atoms with Crippen molar-refractivity contribution >= 4 is 17.5 Å². The molecule has 0 bridgehead atoms. The van der Waals surface area contributed by atoms with Crippen LogP contribution in [0.1, 0.15) is 24.2 Å². The Morgan fingerprint density at radius 1 is 1.50 bits per heavy atom. The van der Waals surface area contributed by atoms with Crippen molar-refractivity contribution in [3.8, 4) is 5.75 Å². The lowest BCUT2D eigenvalue weighted by Gasteiger charge is -2.20. The molecule has 1 rings (SSSR count). The van der Waals surface area contributed by atoms with E-state index in [-0.39, 0.29) is 24.5 Å².